The molecule has 0 aromatic heterocycles. The summed E-state index contributed by atoms with van der Waals surface area (Å²) in [5, 5.41) is 2.53. The van der Waals surface area contributed by atoms with Gasteiger partial charge in [-0.25, -0.2) is 0 Å². The summed E-state index contributed by atoms with van der Waals surface area (Å²) in [5.74, 6) is -0.531. The summed E-state index contributed by atoms with van der Waals surface area (Å²) >= 11 is 0. The number of hydrogen-bond donors (Lipinski definition) is 0. The van der Waals surface area contributed by atoms with E-state index in [1.54, 1.807) is 13.8 Å². The highest BCUT2D eigenvalue weighted by molar-refractivity contribution is 5.82. The van der Waals surface area contributed by atoms with Crippen molar-refractivity contribution in [2.24, 2.45) is 16.0 Å². The Bertz CT molecular complexity index is 338. The summed E-state index contributed by atoms with van der Waals surface area (Å²) in [4.78, 5) is 21.5. The van der Waals surface area contributed by atoms with E-state index >= 15 is 0 Å². The fourth-order valence-corrected chi connectivity index (χ4v) is 2.21. The van der Waals surface area contributed by atoms with E-state index < -0.39 is 11.3 Å². The number of nitrogens with zero attached hydrogens (tertiary/aromatic N) is 1. The molecule has 3 nitrogen and oxygen atoms in total. The van der Waals surface area contributed by atoms with Crippen LogP contribution in [0.3, 0.4) is 0 Å². The van der Waals surface area contributed by atoms with Gasteiger partial charge in [-0.05, 0) is 43.9 Å². The van der Waals surface area contributed by atoms with Crippen LogP contribution in [0.15, 0.2) is 17.3 Å². The third-order valence-electron chi connectivity index (χ3n) is 3.80. The average molecular weight is 295 g/mol. The lowest BCUT2D eigenvalue weighted by atomic mass is 9.86. The minimum absolute atomic E-state index is 0.449. The molecule has 0 saturated carbocycles. The third-order valence-corrected chi connectivity index (χ3v) is 3.80. The molecule has 0 aromatic rings. The SMILES string of the molecule is CC(C)(C)CCCC/C=C\CCCCC(C)(C)C(=O)N=O. The largest absolute Gasteiger partial charge is 0.291 e. The van der Waals surface area contributed by atoms with Gasteiger partial charge in [0.1, 0.15) is 0 Å². The van der Waals surface area contributed by atoms with E-state index in [0.29, 0.717) is 5.41 Å². The molecule has 0 fully saturated rings. The van der Waals surface area contributed by atoms with E-state index in [-0.39, 0.29) is 0 Å². The van der Waals surface area contributed by atoms with E-state index in [1.807, 2.05) is 0 Å². The molecule has 0 aliphatic heterocycles. The second-order valence-electron chi connectivity index (χ2n) is 7.80. The second-order valence-corrected chi connectivity index (χ2v) is 7.80. The van der Waals surface area contributed by atoms with E-state index in [0.717, 1.165) is 32.1 Å². The Hall–Kier alpha value is -0.990. The highest BCUT2D eigenvalue weighted by Gasteiger charge is 2.27. The Morgan fingerprint density at radius 3 is 1.76 bits per heavy atom. The molecule has 0 aromatic carbocycles. The number of unbranched alkanes of at least 4 members (excludes halogenated alkanes) is 4. The van der Waals surface area contributed by atoms with Gasteiger partial charge in [-0.1, -0.05) is 59.6 Å². The number of rotatable bonds is 10. The van der Waals surface area contributed by atoms with Crippen LogP contribution in [0.5, 0.6) is 0 Å². The lowest BCUT2D eigenvalue weighted by Gasteiger charge is -2.17. The number of nitroso groups, excluding NO2 is 1. The predicted octanol–water partition coefficient (Wildman–Crippen LogP) is 6.03. The summed E-state index contributed by atoms with van der Waals surface area (Å²) in [6.07, 6.45) is 13.3. The Morgan fingerprint density at radius 2 is 1.33 bits per heavy atom. The molecule has 0 unspecified atom stereocenters. The molecule has 122 valence electrons. The van der Waals surface area contributed by atoms with Crippen LogP contribution in [0.2, 0.25) is 0 Å². The van der Waals surface area contributed by atoms with Crippen molar-refractivity contribution in [1.82, 2.24) is 0 Å². The number of allylic oxidation sites excluding steroid dienone is 2. The summed E-state index contributed by atoms with van der Waals surface area (Å²) in [7, 11) is 0. The summed E-state index contributed by atoms with van der Waals surface area (Å²) in [6, 6.07) is 0. The van der Waals surface area contributed by atoms with Crippen molar-refractivity contribution in [3.05, 3.63) is 17.1 Å². The fourth-order valence-electron chi connectivity index (χ4n) is 2.21. The minimum Gasteiger partial charge on any atom is -0.268 e. The Balaban J connectivity index is 3.57. The molecule has 0 radical (unpaired) electrons. The van der Waals surface area contributed by atoms with Crippen molar-refractivity contribution < 1.29 is 4.79 Å². The van der Waals surface area contributed by atoms with Gasteiger partial charge in [0.25, 0.3) is 5.91 Å². The molecule has 0 rings (SSSR count). The van der Waals surface area contributed by atoms with Gasteiger partial charge < -0.3 is 0 Å². The summed E-state index contributed by atoms with van der Waals surface area (Å²) in [6.45, 7) is 10.4. The molecule has 3 heteroatoms. The van der Waals surface area contributed by atoms with E-state index in [4.69, 9.17) is 0 Å². The van der Waals surface area contributed by atoms with Gasteiger partial charge in [-0.3, -0.25) is 4.79 Å². The summed E-state index contributed by atoms with van der Waals surface area (Å²) in [5.41, 5.74) is -0.150. The van der Waals surface area contributed by atoms with Crippen LogP contribution >= 0.6 is 0 Å². The smallest absolute Gasteiger partial charge is 0.268 e. The van der Waals surface area contributed by atoms with Crippen molar-refractivity contribution in [2.45, 2.75) is 86.0 Å². The lowest BCUT2D eigenvalue weighted by molar-refractivity contribution is -0.126. The first-order chi connectivity index (χ1) is 9.69. The highest BCUT2D eigenvalue weighted by Crippen LogP contribution is 2.25. The zero-order chi connectivity index (χ0) is 16.4. The van der Waals surface area contributed by atoms with Crippen molar-refractivity contribution >= 4 is 5.91 Å². The molecule has 0 bridgehead atoms. The van der Waals surface area contributed by atoms with Gasteiger partial charge in [0.15, 0.2) is 0 Å². The maximum absolute atomic E-state index is 11.3. The fraction of sp³-hybridized carbons (Fsp3) is 0.833. The first-order valence-corrected chi connectivity index (χ1v) is 8.22. The topological polar surface area (TPSA) is 46.5 Å². The van der Waals surface area contributed by atoms with Crippen LogP contribution in [0.4, 0.5) is 0 Å². The van der Waals surface area contributed by atoms with E-state index in [9.17, 15) is 9.70 Å². The molecule has 21 heavy (non-hydrogen) atoms. The monoisotopic (exact) mass is 295 g/mol. The average Bonchev–Trinajstić information content (AvgIpc) is 2.38. The van der Waals surface area contributed by atoms with Crippen LogP contribution in [-0.2, 0) is 4.79 Å². The molecule has 0 aliphatic carbocycles. The molecule has 0 heterocycles. The summed E-state index contributed by atoms with van der Waals surface area (Å²) < 4.78 is 0. The van der Waals surface area contributed by atoms with Gasteiger partial charge in [-0.15, -0.1) is 4.91 Å². The van der Waals surface area contributed by atoms with E-state index in [2.05, 4.69) is 38.1 Å². The van der Waals surface area contributed by atoms with E-state index in [1.165, 1.54) is 19.3 Å². The van der Waals surface area contributed by atoms with Gasteiger partial charge in [-0.2, -0.15) is 0 Å². The normalized spacial score (nSPS) is 12.8. The van der Waals surface area contributed by atoms with Gasteiger partial charge in [0.05, 0.1) is 0 Å². The number of carbonyl (C=O) groups is 1. The molecule has 0 spiro atoms. The molecule has 0 aliphatic rings. The number of amides is 1. The first kappa shape index (κ1) is 20.0. The molecule has 1 amide bonds. The van der Waals surface area contributed by atoms with Crippen molar-refractivity contribution in [2.75, 3.05) is 0 Å². The Kier molecular flexibility index (Phi) is 9.39. The third kappa shape index (κ3) is 11.4. The van der Waals surface area contributed by atoms with Gasteiger partial charge in [0, 0.05) is 10.6 Å². The van der Waals surface area contributed by atoms with Crippen LogP contribution in [-0.4, -0.2) is 5.91 Å². The zero-order valence-electron chi connectivity index (χ0n) is 14.6. The molecular weight excluding hydrogens is 262 g/mol. The van der Waals surface area contributed by atoms with Crippen molar-refractivity contribution in [3.8, 4) is 0 Å². The molecule has 0 saturated heterocycles. The second kappa shape index (κ2) is 9.86. The highest BCUT2D eigenvalue weighted by atomic mass is 16.3. The lowest BCUT2D eigenvalue weighted by Crippen LogP contribution is -2.21. The molecule has 0 atom stereocenters. The first-order valence-electron chi connectivity index (χ1n) is 8.22. The Morgan fingerprint density at radius 1 is 0.857 bits per heavy atom. The van der Waals surface area contributed by atoms with Crippen molar-refractivity contribution in [3.63, 3.8) is 0 Å². The van der Waals surface area contributed by atoms with Crippen LogP contribution in [0.1, 0.15) is 86.0 Å². The number of hydrogen-bond acceptors (Lipinski definition) is 2. The van der Waals surface area contributed by atoms with Crippen LogP contribution in [0.25, 0.3) is 0 Å². The predicted molar refractivity (Wildman–Crippen MR) is 90.1 cm³/mol. The van der Waals surface area contributed by atoms with Gasteiger partial charge >= 0.3 is 0 Å². The molecule has 0 N–H and O–H groups in total. The van der Waals surface area contributed by atoms with Crippen molar-refractivity contribution in [1.29, 1.82) is 0 Å². The maximum atomic E-state index is 11.3. The van der Waals surface area contributed by atoms with Gasteiger partial charge in [0.2, 0.25) is 0 Å². The Labute approximate surface area is 130 Å². The quantitative estimate of drug-likeness (QED) is 0.280. The number of carbonyl (C=O) groups excluding carboxylic acids is 1. The zero-order valence-corrected chi connectivity index (χ0v) is 14.6. The minimum atomic E-state index is -0.599. The molecular formula is C18H33NO2. The maximum Gasteiger partial charge on any atom is 0.291 e. The van der Waals surface area contributed by atoms with Crippen LogP contribution in [0, 0.1) is 15.7 Å². The standard InChI is InChI=1S/C18H33NO2/c1-17(2,3)14-12-10-8-6-7-9-11-13-15-18(4,5)16(20)19-21/h6-7H,8-15H2,1-5H3/b7-6-. The van der Waals surface area contributed by atoms with Crippen LogP contribution < -0.4 is 0 Å².